The van der Waals surface area contributed by atoms with Crippen molar-refractivity contribution in [1.29, 1.82) is 0 Å². The number of hydrogen-bond donors (Lipinski definition) is 1. The van der Waals surface area contributed by atoms with E-state index in [4.69, 9.17) is 23.2 Å². The Morgan fingerprint density at radius 3 is 2.49 bits per heavy atom. The second-order valence-electron chi connectivity index (χ2n) is 10.2. The van der Waals surface area contributed by atoms with Crippen LogP contribution in [0.4, 0.5) is 5.69 Å². The van der Waals surface area contributed by atoms with Crippen LogP contribution in [0.3, 0.4) is 0 Å². The first-order valence-electron chi connectivity index (χ1n) is 13.0. The average molecular weight is 610 g/mol. The summed E-state index contributed by atoms with van der Waals surface area (Å²) in [5.74, 6) is 0. The summed E-state index contributed by atoms with van der Waals surface area (Å²) in [7, 11) is -3.98. The van der Waals surface area contributed by atoms with Gasteiger partial charge in [-0.15, -0.1) is 0 Å². The third-order valence-corrected chi connectivity index (χ3v) is 9.75. The van der Waals surface area contributed by atoms with E-state index in [1.807, 2.05) is 17.9 Å². The zero-order valence-electron chi connectivity index (χ0n) is 22.0. The normalized spacial score (nSPS) is 15.6. The summed E-state index contributed by atoms with van der Waals surface area (Å²) in [6.07, 6.45) is 5.03. The number of aromatic nitrogens is 3. The fourth-order valence-electron chi connectivity index (χ4n) is 5.10. The van der Waals surface area contributed by atoms with E-state index in [0.29, 0.717) is 52.6 Å². The molecule has 0 aliphatic carbocycles. The maximum atomic E-state index is 13.8. The Kier molecular flexibility index (Phi) is 7.15. The van der Waals surface area contributed by atoms with E-state index in [1.165, 1.54) is 16.2 Å². The Balaban J connectivity index is 1.46. The van der Waals surface area contributed by atoms with Crippen LogP contribution in [0.25, 0.3) is 22.2 Å². The van der Waals surface area contributed by atoms with Crippen molar-refractivity contribution in [1.82, 2.24) is 13.5 Å². The minimum Gasteiger partial charge on any atom is -0.391 e. The first-order chi connectivity index (χ1) is 19.6. The first-order valence-corrected chi connectivity index (χ1v) is 15.2. The lowest BCUT2D eigenvalue weighted by molar-refractivity contribution is 0.198. The number of anilines is 1. The summed E-state index contributed by atoms with van der Waals surface area (Å²) in [6.45, 7) is 3.32. The molecule has 0 amide bonds. The highest BCUT2D eigenvalue weighted by molar-refractivity contribution is 7.90. The molecule has 6 rings (SSSR count). The maximum absolute atomic E-state index is 13.8. The minimum absolute atomic E-state index is 0.136. The Morgan fingerprint density at radius 1 is 1.02 bits per heavy atom. The summed E-state index contributed by atoms with van der Waals surface area (Å²) in [5, 5.41) is 11.5. The van der Waals surface area contributed by atoms with Crippen LogP contribution in [0, 0.1) is 6.92 Å². The predicted octanol–water partition coefficient (Wildman–Crippen LogP) is 5.34. The Hall–Kier alpha value is -3.63. The molecular formula is C30H26Cl2N4O4S. The lowest BCUT2D eigenvalue weighted by Gasteiger charge is -2.17. The van der Waals surface area contributed by atoms with E-state index >= 15 is 0 Å². The van der Waals surface area contributed by atoms with E-state index in [9.17, 15) is 18.3 Å². The Morgan fingerprint density at radius 2 is 1.80 bits per heavy atom. The van der Waals surface area contributed by atoms with Crippen molar-refractivity contribution in [2.45, 2.75) is 30.9 Å². The van der Waals surface area contributed by atoms with Gasteiger partial charge in [0.25, 0.3) is 15.6 Å². The first kappa shape index (κ1) is 27.5. The zero-order valence-corrected chi connectivity index (χ0v) is 24.4. The number of nitrogens with zero attached hydrogens (tertiary/aromatic N) is 4. The Labute approximate surface area is 247 Å². The molecule has 0 bridgehead atoms. The molecule has 0 spiro atoms. The maximum Gasteiger partial charge on any atom is 0.269 e. The molecule has 1 N–H and O–H groups in total. The second-order valence-corrected chi connectivity index (χ2v) is 12.9. The number of fused-ring (bicyclic) bond motifs is 1. The molecule has 8 nitrogen and oxygen atoms in total. The number of β-amino-alcohol motifs (C(OH)–C–C–N with tert-alkyl or cyclic N) is 1. The van der Waals surface area contributed by atoms with Gasteiger partial charge in [0.2, 0.25) is 0 Å². The lowest BCUT2D eigenvalue weighted by Crippen LogP contribution is -2.21. The molecule has 0 radical (unpaired) electrons. The summed E-state index contributed by atoms with van der Waals surface area (Å²) in [6, 6.07) is 17.0. The van der Waals surface area contributed by atoms with Crippen LogP contribution >= 0.6 is 23.2 Å². The third-order valence-electron chi connectivity index (χ3n) is 7.35. The van der Waals surface area contributed by atoms with Gasteiger partial charge >= 0.3 is 0 Å². The number of hydrogen-bond acceptors (Lipinski definition) is 6. The minimum atomic E-state index is -3.98. The number of pyridine rings is 2. The lowest BCUT2D eigenvalue weighted by atomic mass is 10.1. The second kappa shape index (κ2) is 10.6. The number of rotatable bonds is 6. The van der Waals surface area contributed by atoms with Crippen molar-refractivity contribution in [3.05, 3.63) is 111 Å². The molecule has 0 saturated carbocycles. The molecular weight excluding hydrogens is 583 g/mol. The van der Waals surface area contributed by atoms with E-state index in [2.05, 4.69) is 4.98 Å². The van der Waals surface area contributed by atoms with Gasteiger partial charge in [0.15, 0.2) is 5.65 Å². The molecule has 210 valence electrons. The zero-order chi connectivity index (χ0) is 28.9. The SMILES string of the molecule is Cc1ccc(S(=O)(=O)n2cc(-c3ccn(Cc4ccc(Cl)c(Cl)c4)c(=O)c3)c3cc(N4CCC(O)C4)cnc32)cc1. The van der Waals surface area contributed by atoms with E-state index < -0.39 is 16.1 Å². The molecule has 4 heterocycles. The summed E-state index contributed by atoms with van der Waals surface area (Å²) < 4.78 is 30.2. The largest absolute Gasteiger partial charge is 0.391 e. The van der Waals surface area contributed by atoms with Crippen LogP contribution in [0.1, 0.15) is 17.5 Å². The number of aliphatic hydroxyl groups is 1. The van der Waals surface area contributed by atoms with E-state index in [0.717, 1.165) is 16.8 Å². The molecule has 1 atom stereocenters. The molecule has 3 aromatic heterocycles. The summed E-state index contributed by atoms with van der Waals surface area (Å²) in [4.78, 5) is 19.9. The van der Waals surface area contributed by atoms with Crippen molar-refractivity contribution < 1.29 is 13.5 Å². The monoisotopic (exact) mass is 608 g/mol. The van der Waals surface area contributed by atoms with E-state index in [1.54, 1.807) is 65.5 Å². The summed E-state index contributed by atoms with van der Waals surface area (Å²) in [5.41, 5.74) is 3.64. The van der Waals surface area contributed by atoms with E-state index in [-0.39, 0.29) is 16.1 Å². The average Bonchev–Trinajstić information content (AvgIpc) is 3.56. The van der Waals surface area contributed by atoms with Gasteiger partial charge in [-0.3, -0.25) is 4.79 Å². The van der Waals surface area contributed by atoms with Crippen molar-refractivity contribution in [2.24, 2.45) is 0 Å². The van der Waals surface area contributed by atoms with Crippen molar-refractivity contribution in [3.8, 4) is 11.1 Å². The van der Waals surface area contributed by atoms with Crippen LogP contribution in [0.5, 0.6) is 0 Å². The molecule has 1 saturated heterocycles. The molecule has 5 aromatic rings. The van der Waals surface area contributed by atoms with Crippen molar-refractivity contribution in [2.75, 3.05) is 18.0 Å². The highest BCUT2D eigenvalue weighted by atomic mass is 35.5. The molecule has 2 aromatic carbocycles. The van der Waals surface area contributed by atoms with Crippen LogP contribution in [0.15, 0.2) is 88.9 Å². The number of aryl methyl sites for hydroxylation is 1. The molecule has 1 aliphatic heterocycles. The van der Waals surface area contributed by atoms with Crippen LogP contribution < -0.4 is 10.5 Å². The molecule has 1 fully saturated rings. The van der Waals surface area contributed by atoms with Crippen molar-refractivity contribution >= 4 is 49.9 Å². The fourth-order valence-corrected chi connectivity index (χ4v) is 6.74. The van der Waals surface area contributed by atoms with Crippen LogP contribution in [-0.4, -0.2) is 46.2 Å². The van der Waals surface area contributed by atoms with Gasteiger partial charge < -0.3 is 14.6 Å². The number of aliphatic hydroxyl groups excluding tert-OH is 1. The quantitative estimate of drug-likeness (QED) is 0.279. The van der Waals surface area contributed by atoms with Crippen LogP contribution in [0.2, 0.25) is 10.0 Å². The fraction of sp³-hybridized carbons (Fsp3) is 0.200. The number of benzene rings is 2. The van der Waals surface area contributed by atoms with Crippen molar-refractivity contribution in [3.63, 3.8) is 0 Å². The number of halogens is 2. The molecule has 1 aliphatic rings. The highest BCUT2D eigenvalue weighted by Crippen LogP contribution is 2.34. The smallest absolute Gasteiger partial charge is 0.269 e. The topological polar surface area (TPSA) is 97.4 Å². The molecule has 11 heteroatoms. The van der Waals surface area contributed by atoms with Gasteiger partial charge in [-0.25, -0.2) is 17.4 Å². The van der Waals surface area contributed by atoms with Gasteiger partial charge in [-0.1, -0.05) is 47.0 Å². The standard InChI is InChI=1S/C30H26Cl2N4O4S/c1-19-2-5-24(6-3-19)41(39,40)36-18-26(25-14-22(15-33-30(25)36)34-11-9-23(37)17-34)21-8-10-35(29(38)13-21)16-20-4-7-27(31)28(32)12-20/h2-8,10,12-15,18,23,37H,9,11,16-17H2,1H3. The third kappa shape index (κ3) is 5.26. The Bertz CT molecular complexity index is 1950. The molecule has 41 heavy (non-hydrogen) atoms. The van der Waals surface area contributed by atoms with Gasteiger partial charge in [-0.05, 0) is 60.9 Å². The molecule has 1 unspecified atom stereocenters. The van der Waals surface area contributed by atoms with Gasteiger partial charge in [0.1, 0.15) is 0 Å². The van der Waals surface area contributed by atoms with Crippen LogP contribution in [-0.2, 0) is 16.6 Å². The van der Waals surface area contributed by atoms with Gasteiger partial charge in [0.05, 0.1) is 39.5 Å². The van der Waals surface area contributed by atoms with Gasteiger partial charge in [0, 0.05) is 42.5 Å². The predicted molar refractivity (Wildman–Crippen MR) is 162 cm³/mol. The highest BCUT2D eigenvalue weighted by Gasteiger charge is 2.26. The van der Waals surface area contributed by atoms with Gasteiger partial charge in [-0.2, -0.15) is 0 Å². The summed E-state index contributed by atoms with van der Waals surface area (Å²) >= 11 is 12.2.